The van der Waals surface area contributed by atoms with Crippen molar-refractivity contribution in [3.05, 3.63) is 70.1 Å². The molecule has 2 rings (SSSR count). The summed E-state index contributed by atoms with van der Waals surface area (Å²) in [6.45, 7) is 7.14. The average Bonchev–Trinajstić information content (AvgIpc) is 2.80. The van der Waals surface area contributed by atoms with Crippen molar-refractivity contribution in [3.8, 4) is 0 Å². The third-order valence-corrected chi connectivity index (χ3v) is 4.60. The van der Waals surface area contributed by atoms with Crippen LogP contribution < -0.4 is 10.8 Å². The zero-order valence-corrected chi connectivity index (χ0v) is 19.5. The van der Waals surface area contributed by atoms with E-state index in [9.17, 15) is 4.79 Å². The Kier molecular flexibility index (Phi) is 16.1. The fraction of sp³-hybridized carbons (Fsp3) is 0.364. The molecule has 0 radical (unpaired) electrons. The summed E-state index contributed by atoms with van der Waals surface area (Å²) in [4.78, 5) is 26.3. The highest BCUT2D eigenvalue weighted by Crippen LogP contribution is 2.22. The van der Waals surface area contributed by atoms with E-state index >= 15 is 0 Å². The van der Waals surface area contributed by atoms with Gasteiger partial charge in [0.1, 0.15) is 6.79 Å². The molecule has 1 amide bonds. The first-order valence-corrected chi connectivity index (χ1v) is 10.4. The predicted octanol–water partition coefficient (Wildman–Crippen LogP) is 3.54. The van der Waals surface area contributed by atoms with Crippen molar-refractivity contribution >= 4 is 35.9 Å². The summed E-state index contributed by atoms with van der Waals surface area (Å²) in [7, 11) is 3.41. The number of carbonyl (C=O) groups excluding carboxylic acids is 2. The first-order valence-electron chi connectivity index (χ1n) is 9.60. The van der Waals surface area contributed by atoms with Crippen LogP contribution in [0.3, 0.4) is 0 Å². The van der Waals surface area contributed by atoms with Crippen molar-refractivity contribution in [1.29, 1.82) is 0 Å². The lowest BCUT2D eigenvalue weighted by Crippen LogP contribution is -2.29. The molecule has 0 saturated heterocycles. The van der Waals surface area contributed by atoms with Gasteiger partial charge in [0.15, 0.2) is 5.76 Å². The Morgan fingerprint density at radius 1 is 1.26 bits per heavy atom. The maximum Gasteiger partial charge on any atom is 0.266 e. The fourth-order valence-electron chi connectivity index (χ4n) is 2.26. The highest BCUT2D eigenvalue weighted by molar-refractivity contribution is 6.30. The number of rotatable bonds is 9. The van der Waals surface area contributed by atoms with Crippen LogP contribution in [0.15, 0.2) is 59.5 Å². The van der Waals surface area contributed by atoms with E-state index in [0.717, 1.165) is 23.4 Å². The number of benzene rings is 1. The molecule has 0 saturated carbocycles. The maximum atomic E-state index is 11.3. The molecular weight excluding hydrogens is 441 g/mol. The molecule has 1 aromatic rings. The number of carbonyl (C=O) groups is 2. The lowest BCUT2D eigenvalue weighted by Gasteiger charge is -2.20. The standard InChI is InChI=1S/C12H15ClN2O.C9H14ClNO2.CH2O/c1-9(12(16)14-2)15(3)8-10-4-6-11(13)7-5-10;10-8-4-1-2-5-9(8)13-11-6-3-7-12;1-2/h4-7H,1,8H2,2-3H3,(H,14,16);2,5,11-12H,1,3-4,6-7H2;1H2. The minimum Gasteiger partial charge on any atom is -0.408 e. The molecule has 0 heterocycles. The molecule has 0 atom stereocenters. The van der Waals surface area contributed by atoms with Crippen molar-refractivity contribution in [3.63, 3.8) is 0 Å². The summed E-state index contributed by atoms with van der Waals surface area (Å²) in [5.74, 6) is 0.516. The molecule has 1 aliphatic carbocycles. The minimum atomic E-state index is -0.170. The molecule has 172 valence electrons. The van der Waals surface area contributed by atoms with Crippen LogP contribution in [0.5, 0.6) is 0 Å². The molecule has 9 heteroatoms. The summed E-state index contributed by atoms with van der Waals surface area (Å²) >= 11 is 11.7. The van der Waals surface area contributed by atoms with Crippen LogP contribution in [0, 0.1) is 0 Å². The van der Waals surface area contributed by atoms with Crippen molar-refractivity contribution in [1.82, 2.24) is 15.7 Å². The van der Waals surface area contributed by atoms with E-state index in [-0.39, 0.29) is 12.5 Å². The van der Waals surface area contributed by atoms with E-state index < -0.39 is 0 Å². The fourth-order valence-corrected chi connectivity index (χ4v) is 2.60. The summed E-state index contributed by atoms with van der Waals surface area (Å²) in [6.07, 6.45) is 6.37. The van der Waals surface area contributed by atoms with Gasteiger partial charge in [-0.1, -0.05) is 48.0 Å². The molecular formula is C22H31Cl2N3O4. The number of nitrogens with one attached hydrogen (secondary N) is 2. The predicted molar refractivity (Wildman–Crippen MR) is 125 cm³/mol. The third kappa shape index (κ3) is 12.2. The van der Waals surface area contributed by atoms with Gasteiger partial charge in [-0.25, -0.2) is 0 Å². The van der Waals surface area contributed by atoms with E-state index in [1.165, 1.54) is 0 Å². The lowest BCUT2D eigenvalue weighted by molar-refractivity contribution is -0.118. The number of hydroxylamine groups is 1. The number of amides is 1. The maximum absolute atomic E-state index is 11.3. The third-order valence-electron chi connectivity index (χ3n) is 3.97. The van der Waals surface area contributed by atoms with Gasteiger partial charge >= 0.3 is 0 Å². The number of hydrogen-bond acceptors (Lipinski definition) is 6. The summed E-state index contributed by atoms with van der Waals surface area (Å²) in [6, 6.07) is 7.51. The smallest absolute Gasteiger partial charge is 0.266 e. The Hall–Kier alpha value is -2.32. The molecule has 0 unspecified atom stereocenters. The number of aliphatic hydroxyl groups is 1. The van der Waals surface area contributed by atoms with E-state index in [0.29, 0.717) is 36.0 Å². The molecule has 3 N–H and O–H groups in total. The number of halogens is 2. The van der Waals surface area contributed by atoms with Crippen LogP contribution in [-0.2, 0) is 21.0 Å². The van der Waals surface area contributed by atoms with Crippen LogP contribution >= 0.6 is 23.2 Å². The molecule has 0 aromatic heterocycles. The van der Waals surface area contributed by atoms with Gasteiger partial charge in [0.05, 0.1) is 10.7 Å². The normalized spacial score (nSPS) is 12.0. The summed E-state index contributed by atoms with van der Waals surface area (Å²) < 4.78 is 0. The molecule has 0 fully saturated rings. The van der Waals surface area contributed by atoms with Crippen LogP contribution in [0.1, 0.15) is 24.8 Å². The number of allylic oxidation sites excluding steroid dienone is 3. The monoisotopic (exact) mass is 471 g/mol. The van der Waals surface area contributed by atoms with Gasteiger partial charge < -0.3 is 25.0 Å². The first kappa shape index (κ1) is 28.7. The zero-order chi connectivity index (χ0) is 23.6. The van der Waals surface area contributed by atoms with E-state index in [4.69, 9.17) is 37.9 Å². The van der Waals surface area contributed by atoms with Crippen molar-refractivity contribution in [2.45, 2.75) is 25.8 Å². The second-order valence-electron chi connectivity index (χ2n) is 6.29. The molecule has 1 aromatic carbocycles. The largest absolute Gasteiger partial charge is 0.408 e. The Balaban J connectivity index is 0.000000547. The van der Waals surface area contributed by atoms with Gasteiger partial charge in [0, 0.05) is 38.8 Å². The van der Waals surface area contributed by atoms with Crippen LogP contribution in [-0.4, -0.2) is 49.9 Å². The number of nitrogens with zero attached hydrogens (tertiary/aromatic N) is 1. The second kappa shape index (κ2) is 17.4. The molecule has 0 aliphatic heterocycles. The second-order valence-corrected chi connectivity index (χ2v) is 7.18. The van der Waals surface area contributed by atoms with Crippen LogP contribution in [0.25, 0.3) is 0 Å². The molecule has 0 spiro atoms. The highest BCUT2D eigenvalue weighted by atomic mass is 35.5. The quantitative estimate of drug-likeness (QED) is 0.289. The van der Waals surface area contributed by atoms with Crippen LogP contribution in [0.2, 0.25) is 5.02 Å². The molecule has 31 heavy (non-hydrogen) atoms. The molecule has 7 nitrogen and oxygen atoms in total. The Morgan fingerprint density at radius 2 is 1.90 bits per heavy atom. The van der Waals surface area contributed by atoms with Gasteiger partial charge in [-0.2, -0.15) is 5.48 Å². The summed E-state index contributed by atoms with van der Waals surface area (Å²) in [5, 5.41) is 12.5. The lowest BCUT2D eigenvalue weighted by atomic mass is 10.2. The van der Waals surface area contributed by atoms with Gasteiger partial charge in [-0.15, -0.1) is 0 Å². The highest BCUT2D eigenvalue weighted by Gasteiger charge is 2.10. The Bertz CT molecular complexity index is 737. The van der Waals surface area contributed by atoms with Gasteiger partial charge in [0.2, 0.25) is 0 Å². The SMILES string of the molecule is C=C(C(=O)NC)N(C)Cc1ccc(Cl)cc1.C=O.OCCCNOC1=C(Cl)CCC=C1. The zero-order valence-electron chi connectivity index (χ0n) is 18.0. The Labute approximate surface area is 194 Å². The molecule has 1 aliphatic rings. The summed E-state index contributed by atoms with van der Waals surface area (Å²) in [5.41, 5.74) is 4.26. The number of hydrogen-bond donors (Lipinski definition) is 3. The molecule has 0 bridgehead atoms. The average molecular weight is 472 g/mol. The van der Waals surface area contributed by atoms with Crippen molar-refractivity contribution in [2.75, 3.05) is 27.2 Å². The minimum absolute atomic E-state index is 0.166. The van der Waals surface area contributed by atoms with Crippen molar-refractivity contribution in [2.24, 2.45) is 0 Å². The van der Waals surface area contributed by atoms with Gasteiger partial charge in [0.25, 0.3) is 5.91 Å². The van der Waals surface area contributed by atoms with Gasteiger partial charge in [-0.05, 0) is 43.0 Å². The number of aliphatic hydroxyl groups excluding tert-OH is 1. The van der Waals surface area contributed by atoms with E-state index in [1.807, 2.05) is 50.3 Å². The van der Waals surface area contributed by atoms with Crippen molar-refractivity contribution < 1.29 is 19.5 Å². The van der Waals surface area contributed by atoms with Crippen LogP contribution in [0.4, 0.5) is 0 Å². The van der Waals surface area contributed by atoms with Gasteiger partial charge in [-0.3, -0.25) is 4.79 Å². The van der Waals surface area contributed by atoms with E-state index in [1.54, 1.807) is 11.9 Å². The Morgan fingerprint density at radius 3 is 2.45 bits per heavy atom. The van der Waals surface area contributed by atoms with E-state index in [2.05, 4.69) is 17.4 Å². The topological polar surface area (TPSA) is 90.9 Å². The first-order chi connectivity index (χ1) is 14.9. The number of likely N-dealkylation sites (N-methyl/N-ethyl adjacent to an activating group) is 2.